The number of halogens is 5. The highest BCUT2D eigenvalue weighted by Gasteiger charge is 2.31. The molecule has 0 radical (unpaired) electrons. The Morgan fingerprint density at radius 3 is 2.34 bits per heavy atom. The molecule has 0 amide bonds. The van der Waals surface area contributed by atoms with E-state index >= 15 is 0 Å². The quantitative estimate of drug-likeness (QED) is 0.362. The van der Waals surface area contributed by atoms with E-state index < -0.39 is 39.7 Å². The van der Waals surface area contributed by atoms with Crippen LogP contribution in [0, 0.1) is 0 Å². The number of hydrogen-bond acceptors (Lipinski definition) is 6. The zero-order valence-electron chi connectivity index (χ0n) is 17.7. The fourth-order valence-electron chi connectivity index (χ4n) is 3.25. The molecule has 184 valence electrons. The van der Waals surface area contributed by atoms with Gasteiger partial charge in [0.05, 0.1) is 11.3 Å². The summed E-state index contributed by atoms with van der Waals surface area (Å²) in [5, 5.41) is 3.94. The van der Waals surface area contributed by atoms with Crippen molar-refractivity contribution in [3.8, 4) is 22.7 Å². The molecular formula is C21H15F5N4O4S. The Kier molecular flexibility index (Phi) is 6.09. The standard InChI is InChI=1S/C21H15F5N4O4S/c1-2-35(32,33)16-9-13(12-3-6-15(7-4-12)34-19(22)23)10-27-18(16)30-20(31)29-11-14(21(24,25)26)5-8-17(29)28-30/h3-11,19H,2H2,1H3. The smallest absolute Gasteiger partial charge is 0.417 e. The molecule has 0 saturated carbocycles. The van der Waals surface area contributed by atoms with Crippen molar-refractivity contribution in [3.05, 3.63) is 70.9 Å². The monoisotopic (exact) mass is 514 g/mol. The SMILES string of the molecule is CCS(=O)(=O)c1cc(-c2ccc(OC(F)F)cc2)cnc1-n1nc2ccc(C(F)(F)F)cn2c1=O. The predicted octanol–water partition coefficient (Wildman–Crippen LogP) is 3.96. The maximum Gasteiger partial charge on any atom is 0.417 e. The molecule has 35 heavy (non-hydrogen) atoms. The van der Waals surface area contributed by atoms with Gasteiger partial charge in [-0.1, -0.05) is 19.1 Å². The normalized spacial score (nSPS) is 12.4. The zero-order chi connectivity index (χ0) is 25.5. The van der Waals surface area contributed by atoms with E-state index in [0.717, 1.165) is 12.1 Å². The van der Waals surface area contributed by atoms with Crippen LogP contribution >= 0.6 is 0 Å². The molecule has 0 aliphatic carbocycles. The average molecular weight is 514 g/mol. The summed E-state index contributed by atoms with van der Waals surface area (Å²) in [5.74, 6) is -0.869. The molecule has 3 aromatic heterocycles. The highest BCUT2D eigenvalue weighted by molar-refractivity contribution is 7.91. The van der Waals surface area contributed by atoms with Gasteiger partial charge in [-0.3, -0.25) is 0 Å². The fraction of sp³-hybridized carbons (Fsp3) is 0.190. The van der Waals surface area contributed by atoms with Gasteiger partial charge in [-0.15, -0.1) is 5.10 Å². The number of pyridine rings is 2. The molecule has 14 heteroatoms. The van der Waals surface area contributed by atoms with Crippen LogP contribution in [-0.2, 0) is 16.0 Å². The first kappa shape index (κ1) is 24.3. The highest BCUT2D eigenvalue weighted by atomic mass is 32.2. The molecule has 1 aromatic carbocycles. The van der Waals surface area contributed by atoms with Gasteiger partial charge in [0.25, 0.3) is 0 Å². The van der Waals surface area contributed by atoms with Gasteiger partial charge < -0.3 is 4.74 Å². The van der Waals surface area contributed by atoms with Gasteiger partial charge in [-0.2, -0.15) is 26.6 Å². The zero-order valence-corrected chi connectivity index (χ0v) is 18.5. The molecule has 0 aliphatic rings. The minimum absolute atomic E-state index is 0.107. The lowest BCUT2D eigenvalue weighted by Crippen LogP contribution is -2.23. The summed E-state index contributed by atoms with van der Waals surface area (Å²) in [7, 11) is -3.99. The Balaban J connectivity index is 1.86. The second kappa shape index (κ2) is 8.76. The Bertz CT molecular complexity index is 1560. The molecule has 0 bridgehead atoms. The van der Waals surface area contributed by atoms with Gasteiger partial charge in [0, 0.05) is 18.0 Å². The van der Waals surface area contributed by atoms with E-state index in [1.807, 2.05) is 0 Å². The highest BCUT2D eigenvalue weighted by Crippen LogP contribution is 2.30. The molecule has 0 saturated heterocycles. The van der Waals surface area contributed by atoms with E-state index in [1.54, 1.807) is 0 Å². The number of aromatic nitrogens is 4. The van der Waals surface area contributed by atoms with Crippen molar-refractivity contribution in [3.63, 3.8) is 0 Å². The first-order valence-electron chi connectivity index (χ1n) is 9.88. The first-order chi connectivity index (χ1) is 16.4. The molecule has 8 nitrogen and oxygen atoms in total. The molecule has 4 aromatic rings. The van der Waals surface area contributed by atoms with Crippen molar-refractivity contribution in [2.75, 3.05) is 5.75 Å². The summed E-state index contributed by atoms with van der Waals surface area (Å²) in [5.41, 5.74) is -1.60. The van der Waals surface area contributed by atoms with Crippen molar-refractivity contribution in [1.82, 2.24) is 19.2 Å². The van der Waals surface area contributed by atoms with E-state index in [4.69, 9.17) is 0 Å². The number of alkyl halides is 5. The van der Waals surface area contributed by atoms with Gasteiger partial charge in [0.1, 0.15) is 10.6 Å². The molecule has 0 aliphatic heterocycles. The first-order valence-corrected chi connectivity index (χ1v) is 11.5. The number of nitrogens with zero attached hydrogens (tertiary/aromatic N) is 4. The summed E-state index contributed by atoms with van der Waals surface area (Å²) in [6.45, 7) is -1.65. The van der Waals surface area contributed by atoms with E-state index in [2.05, 4.69) is 14.8 Å². The van der Waals surface area contributed by atoms with Gasteiger partial charge in [-0.05, 0) is 35.9 Å². The van der Waals surface area contributed by atoms with Gasteiger partial charge in [0.2, 0.25) is 0 Å². The van der Waals surface area contributed by atoms with Crippen LogP contribution < -0.4 is 10.4 Å². The van der Waals surface area contributed by atoms with Crippen LogP contribution in [0.2, 0.25) is 0 Å². The maximum atomic E-state index is 13.1. The number of sulfone groups is 1. The third-order valence-electron chi connectivity index (χ3n) is 5.01. The van der Waals surface area contributed by atoms with Crippen LogP contribution in [0.4, 0.5) is 22.0 Å². The fourth-order valence-corrected chi connectivity index (χ4v) is 4.28. The number of rotatable bonds is 6. The summed E-state index contributed by atoms with van der Waals surface area (Å²) < 4.78 is 95.1. The summed E-state index contributed by atoms with van der Waals surface area (Å²) >= 11 is 0. The third kappa shape index (κ3) is 4.73. The molecular weight excluding hydrogens is 499 g/mol. The lowest BCUT2D eigenvalue weighted by atomic mass is 10.1. The van der Waals surface area contributed by atoms with Crippen LogP contribution in [0.3, 0.4) is 0 Å². The lowest BCUT2D eigenvalue weighted by Gasteiger charge is -2.11. The Labute approximate surface area is 194 Å². The van der Waals surface area contributed by atoms with Crippen LogP contribution in [0.1, 0.15) is 12.5 Å². The van der Waals surface area contributed by atoms with Crippen molar-refractivity contribution < 1.29 is 35.1 Å². The lowest BCUT2D eigenvalue weighted by molar-refractivity contribution is -0.137. The van der Waals surface area contributed by atoms with Crippen LogP contribution in [-0.4, -0.2) is 39.9 Å². The number of ether oxygens (including phenoxy) is 1. The van der Waals surface area contributed by atoms with Gasteiger partial charge >= 0.3 is 18.5 Å². The number of benzene rings is 1. The molecule has 3 heterocycles. The topological polar surface area (TPSA) is 95.6 Å². The molecule has 4 rings (SSSR count). The van der Waals surface area contributed by atoms with Gasteiger partial charge in [-0.25, -0.2) is 22.6 Å². The van der Waals surface area contributed by atoms with Crippen LogP contribution in [0.25, 0.3) is 22.6 Å². The van der Waals surface area contributed by atoms with Crippen molar-refractivity contribution in [1.29, 1.82) is 0 Å². The number of hydrogen-bond donors (Lipinski definition) is 0. The summed E-state index contributed by atoms with van der Waals surface area (Å²) in [6, 6.07) is 8.28. The molecule has 0 N–H and O–H groups in total. The van der Waals surface area contributed by atoms with E-state index in [-0.39, 0.29) is 27.6 Å². The second-order valence-corrected chi connectivity index (χ2v) is 9.44. The predicted molar refractivity (Wildman–Crippen MR) is 113 cm³/mol. The average Bonchev–Trinajstić information content (AvgIpc) is 3.14. The van der Waals surface area contributed by atoms with Crippen molar-refractivity contribution in [2.45, 2.75) is 24.6 Å². The summed E-state index contributed by atoms with van der Waals surface area (Å²) in [6.07, 6.45) is -2.92. The largest absolute Gasteiger partial charge is 0.435 e. The van der Waals surface area contributed by atoms with Crippen LogP contribution in [0.15, 0.2) is 64.5 Å². The molecule has 0 fully saturated rings. The molecule has 0 atom stereocenters. The van der Waals surface area contributed by atoms with Crippen molar-refractivity contribution >= 4 is 15.5 Å². The summed E-state index contributed by atoms with van der Waals surface area (Å²) in [4.78, 5) is 16.5. The minimum Gasteiger partial charge on any atom is -0.435 e. The Morgan fingerprint density at radius 1 is 1.06 bits per heavy atom. The maximum absolute atomic E-state index is 13.1. The van der Waals surface area contributed by atoms with E-state index in [9.17, 15) is 35.2 Å². The Morgan fingerprint density at radius 2 is 1.74 bits per heavy atom. The number of fused-ring (bicyclic) bond motifs is 1. The Hall–Kier alpha value is -3.81. The molecule has 0 spiro atoms. The molecule has 0 unspecified atom stereocenters. The third-order valence-corrected chi connectivity index (χ3v) is 6.74. The van der Waals surface area contributed by atoms with Gasteiger partial charge in [0.15, 0.2) is 21.3 Å². The van der Waals surface area contributed by atoms with Crippen LogP contribution in [0.5, 0.6) is 5.75 Å². The van der Waals surface area contributed by atoms with E-state index in [0.29, 0.717) is 20.8 Å². The van der Waals surface area contributed by atoms with Crippen molar-refractivity contribution in [2.24, 2.45) is 0 Å². The van der Waals surface area contributed by atoms with E-state index in [1.165, 1.54) is 43.5 Å². The minimum atomic E-state index is -4.71. The second-order valence-electron chi connectivity index (χ2n) is 7.19.